The van der Waals surface area contributed by atoms with Crippen LogP contribution in [0.25, 0.3) is 11.4 Å². The number of aromatic nitrogens is 4. The standard InChI is InChI=1S/C16H16ClN5O2S/c1-9-8-13(21-24-9)18-15(23)10(2)25-16-20-19-14(22(16)3)11-4-6-12(17)7-5-11/h4-8,10H,1-3H3,(H,18,21,23). The molecule has 1 unspecified atom stereocenters. The molecule has 1 atom stereocenters. The van der Waals surface area contributed by atoms with E-state index in [1.807, 2.05) is 23.7 Å². The van der Waals surface area contributed by atoms with E-state index in [1.165, 1.54) is 11.8 Å². The number of rotatable bonds is 5. The first-order chi connectivity index (χ1) is 11.9. The van der Waals surface area contributed by atoms with Gasteiger partial charge in [-0.3, -0.25) is 4.79 Å². The molecule has 0 radical (unpaired) electrons. The zero-order valence-electron chi connectivity index (χ0n) is 13.9. The van der Waals surface area contributed by atoms with Crippen molar-refractivity contribution in [3.63, 3.8) is 0 Å². The van der Waals surface area contributed by atoms with E-state index in [9.17, 15) is 4.79 Å². The summed E-state index contributed by atoms with van der Waals surface area (Å²) in [5, 5.41) is 15.8. The highest BCUT2D eigenvalue weighted by Crippen LogP contribution is 2.27. The number of carbonyl (C=O) groups is 1. The van der Waals surface area contributed by atoms with Crippen molar-refractivity contribution in [2.75, 3.05) is 5.32 Å². The average Bonchev–Trinajstić information content (AvgIpc) is 3.15. The van der Waals surface area contributed by atoms with E-state index in [-0.39, 0.29) is 11.2 Å². The minimum atomic E-state index is -0.377. The van der Waals surface area contributed by atoms with Crippen LogP contribution in [0, 0.1) is 6.92 Å². The summed E-state index contributed by atoms with van der Waals surface area (Å²) in [4.78, 5) is 12.3. The van der Waals surface area contributed by atoms with Gasteiger partial charge in [-0.15, -0.1) is 10.2 Å². The lowest BCUT2D eigenvalue weighted by atomic mass is 10.2. The fraction of sp³-hybridized carbons (Fsp3) is 0.250. The second kappa shape index (κ2) is 7.28. The van der Waals surface area contributed by atoms with Gasteiger partial charge >= 0.3 is 0 Å². The van der Waals surface area contributed by atoms with Gasteiger partial charge in [-0.2, -0.15) is 0 Å². The number of hydrogen-bond donors (Lipinski definition) is 1. The number of nitrogens with zero attached hydrogens (tertiary/aromatic N) is 4. The summed E-state index contributed by atoms with van der Waals surface area (Å²) in [6, 6.07) is 9.02. The van der Waals surface area contributed by atoms with Crippen LogP contribution in [0.1, 0.15) is 12.7 Å². The number of thioether (sulfide) groups is 1. The third kappa shape index (κ3) is 4.02. The molecule has 0 saturated heterocycles. The zero-order valence-corrected chi connectivity index (χ0v) is 15.4. The molecule has 0 spiro atoms. The van der Waals surface area contributed by atoms with Crippen LogP contribution in [0.4, 0.5) is 5.82 Å². The van der Waals surface area contributed by atoms with E-state index in [0.717, 1.165) is 5.56 Å². The van der Waals surface area contributed by atoms with Crippen molar-refractivity contribution >= 4 is 35.1 Å². The molecule has 0 aliphatic carbocycles. The Bertz CT molecular complexity index is 890. The lowest BCUT2D eigenvalue weighted by Crippen LogP contribution is -2.23. The molecule has 2 heterocycles. The van der Waals surface area contributed by atoms with Crippen molar-refractivity contribution in [2.24, 2.45) is 7.05 Å². The van der Waals surface area contributed by atoms with E-state index < -0.39 is 0 Å². The maximum atomic E-state index is 12.3. The smallest absolute Gasteiger partial charge is 0.238 e. The number of amides is 1. The maximum absolute atomic E-state index is 12.3. The van der Waals surface area contributed by atoms with Crippen LogP contribution in [-0.2, 0) is 11.8 Å². The number of aryl methyl sites for hydroxylation is 1. The molecule has 0 aliphatic heterocycles. The fourth-order valence-corrected chi connectivity index (χ4v) is 3.07. The largest absolute Gasteiger partial charge is 0.360 e. The molecule has 1 N–H and O–H groups in total. The van der Waals surface area contributed by atoms with Gasteiger partial charge in [0, 0.05) is 23.7 Å². The lowest BCUT2D eigenvalue weighted by molar-refractivity contribution is -0.115. The summed E-state index contributed by atoms with van der Waals surface area (Å²) < 4.78 is 6.78. The quantitative estimate of drug-likeness (QED) is 0.684. The highest BCUT2D eigenvalue weighted by atomic mass is 35.5. The Morgan fingerprint density at radius 1 is 1.32 bits per heavy atom. The first-order valence-corrected chi connectivity index (χ1v) is 8.76. The number of hydrogen-bond acceptors (Lipinski definition) is 6. The second-order valence-corrected chi connectivity index (χ2v) is 7.19. The van der Waals surface area contributed by atoms with E-state index in [4.69, 9.17) is 16.1 Å². The van der Waals surface area contributed by atoms with Gasteiger partial charge in [0.05, 0.1) is 5.25 Å². The minimum Gasteiger partial charge on any atom is -0.360 e. The molecule has 1 amide bonds. The molecule has 9 heteroatoms. The molecule has 1 aromatic carbocycles. The predicted molar refractivity (Wildman–Crippen MR) is 96.6 cm³/mol. The zero-order chi connectivity index (χ0) is 18.0. The summed E-state index contributed by atoms with van der Waals surface area (Å²) >= 11 is 7.23. The van der Waals surface area contributed by atoms with Gasteiger partial charge in [-0.05, 0) is 38.1 Å². The summed E-state index contributed by atoms with van der Waals surface area (Å²) in [5.74, 6) is 1.56. The molecule has 2 aromatic heterocycles. The molecule has 0 fully saturated rings. The Balaban J connectivity index is 1.70. The van der Waals surface area contributed by atoms with Gasteiger partial charge in [0.2, 0.25) is 5.91 Å². The summed E-state index contributed by atoms with van der Waals surface area (Å²) in [5.41, 5.74) is 0.904. The highest BCUT2D eigenvalue weighted by molar-refractivity contribution is 8.00. The summed E-state index contributed by atoms with van der Waals surface area (Å²) in [7, 11) is 1.86. The first-order valence-electron chi connectivity index (χ1n) is 7.50. The van der Waals surface area contributed by atoms with Crippen molar-refractivity contribution < 1.29 is 9.32 Å². The fourth-order valence-electron chi connectivity index (χ4n) is 2.13. The van der Waals surface area contributed by atoms with Crippen LogP contribution in [0.3, 0.4) is 0 Å². The Morgan fingerprint density at radius 3 is 2.68 bits per heavy atom. The lowest BCUT2D eigenvalue weighted by Gasteiger charge is -2.10. The molecule has 0 saturated carbocycles. The van der Waals surface area contributed by atoms with Crippen LogP contribution in [0.2, 0.25) is 5.02 Å². The minimum absolute atomic E-state index is 0.186. The number of anilines is 1. The average molecular weight is 378 g/mol. The van der Waals surface area contributed by atoms with Gasteiger partial charge in [-0.25, -0.2) is 0 Å². The Hall–Kier alpha value is -2.32. The molecule has 3 rings (SSSR count). The topological polar surface area (TPSA) is 85.8 Å². The molecular weight excluding hydrogens is 362 g/mol. The Morgan fingerprint density at radius 2 is 2.04 bits per heavy atom. The van der Waals surface area contributed by atoms with Gasteiger partial charge in [0.1, 0.15) is 5.76 Å². The normalized spacial score (nSPS) is 12.2. The van der Waals surface area contributed by atoms with Crippen LogP contribution < -0.4 is 5.32 Å². The number of halogens is 1. The Labute approximate surface area is 153 Å². The number of nitrogens with one attached hydrogen (secondary N) is 1. The van der Waals surface area contributed by atoms with Crippen molar-refractivity contribution in [1.29, 1.82) is 0 Å². The maximum Gasteiger partial charge on any atom is 0.238 e. The molecular formula is C16H16ClN5O2S. The predicted octanol–water partition coefficient (Wildman–Crippen LogP) is 3.55. The molecule has 7 nitrogen and oxygen atoms in total. The molecule has 130 valence electrons. The molecule has 25 heavy (non-hydrogen) atoms. The third-order valence-electron chi connectivity index (χ3n) is 3.47. The van der Waals surface area contributed by atoms with Crippen molar-refractivity contribution in [2.45, 2.75) is 24.3 Å². The van der Waals surface area contributed by atoms with Crippen LogP contribution >= 0.6 is 23.4 Å². The van der Waals surface area contributed by atoms with Gasteiger partial charge in [0.25, 0.3) is 0 Å². The highest BCUT2D eigenvalue weighted by Gasteiger charge is 2.20. The van der Waals surface area contributed by atoms with Gasteiger partial charge in [0.15, 0.2) is 16.8 Å². The van der Waals surface area contributed by atoms with E-state index in [0.29, 0.717) is 27.6 Å². The van der Waals surface area contributed by atoms with Crippen LogP contribution in [-0.4, -0.2) is 31.1 Å². The van der Waals surface area contributed by atoms with Crippen molar-refractivity contribution in [3.8, 4) is 11.4 Å². The second-order valence-electron chi connectivity index (χ2n) is 5.44. The summed E-state index contributed by atoms with van der Waals surface area (Å²) in [6.45, 7) is 3.56. The SMILES string of the molecule is Cc1cc(NC(=O)C(C)Sc2nnc(-c3ccc(Cl)cc3)n2C)no1. The van der Waals surface area contributed by atoms with E-state index >= 15 is 0 Å². The first kappa shape index (κ1) is 17.5. The van der Waals surface area contributed by atoms with E-state index in [1.54, 1.807) is 32.0 Å². The van der Waals surface area contributed by atoms with E-state index in [2.05, 4.69) is 20.7 Å². The Kier molecular flexibility index (Phi) is 5.10. The number of benzene rings is 1. The van der Waals surface area contributed by atoms with Crippen LogP contribution in [0.5, 0.6) is 0 Å². The van der Waals surface area contributed by atoms with Gasteiger partial charge < -0.3 is 14.4 Å². The number of carbonyl (C=O) groups excluding carboxylic acids is 1. The van der Waals surface area contributed by atoms with Crippen LogP contribution in [0.15, 0.2) is 40.0 Å². The monoisotopic (exact) mass is 377 g/mol. The molecule has 0 aliphatic rings. The van der Waals surface area contributed by atoms with Crippen molar-refractivity contribution in [3.05, 3.63) is 41.1 Å². The van der Waals surface area contributed by atoms with Crippen molar-refractivity contribution in [1.82, 2.24) is 19.9 Å². The third-order valence-corrected chi connectivity index (χ3v) is 4.85. The molecule has 3 aromatic rings. The molecule has 0 bridgehead atoms. The van der Waals surface area contributed by atoms with Gasteiger partial charge in [-0.1, -0.05) is 28.5 Å². The summed E-state index contributed by atoms with van der Waals surface area (Å²) in [6.07, 6.45) is 0.